The Morgan fingerprint density at radius 3 is 2.61 bits per heavy atom. The van der Waals surface area contributed by atoms with Crippen molar-refractivity contribution in [3.63, 3.8) is 0 Å². The number of methoxy groups -OCH3 is 1. The Balaban J connectivity index is 1.41. The molecule has 0 unspecified atom stereocenters. The molecule has 2 fully saturated rings. The zero-order chi connectivity index (χ0) is 19.3. The van der Waals surface area contributed by atoms with E-state index in [2.05, 4.69) is 4.90 Å². The van der Waals surface area contributed by atoms with Crippen LogP contribution in [0.2, 0.25) is 0 Å². The predicted molar refractivity (Wildman–Crippen MR) is 106 cm³/mol. The summed E-state index contributed by atoms with van der Waals surface area (Å²) < 4.78 is 16.8. The van der Waals surface area contributed by atoms with Crippen molar-refractivity contribution in [2.24, 2.45) is 0 Å². The number of ether oxygens (including phenoxy) is 2. The lowest BCUT2D eigenvalue weighted by Crippen LogP contribution is -2.38. The van der Waals surface area contributed by atoms with Gasteiger partial charge >= 0.3 is 0 Å². The minimum absolute atomic E-state index is 0.0625. The molecule has 6 nitrogen and oxygen atoms in total. The van der Waals surface area contributed by atoms with Crippen LogP contribution in [-0.4, -0.2) is 55.1 Å². The molecule has 0 aliphatic carbocycles. The van der Waals surface area contributed by atoms with Gasteiger partial charge in [0.05, 0.1) is 25.2 Å². The first-order chi connectivity index (χ1) is 13.7. The molecule has 2 aliphatic rings. The summed E-state index contributed by atoms with van der Waals surface area (Å²) in [4.78, 5) is 17.3. The van der Waals surface area contributed by atoms with E-state index in [4.69, 9.17) is 13.9 Å². The van der Waals surface area contributed by atoms with Gasteiger partial charge in [0, 0.05) is 44.4 Å². The lowest BCUT2D eigenvalue weighted by molar-refractivity contribution is 0.0764. The first-order valence-corrected chi connectivity index (χ1v) is 10.1. The fraction of sp³-hybridized carbons (Fsp3) is 0.500. The van der Waals surface area contributed by atoms with E-state index in [0.717, 1.165) is 58.4 Å². The van der Waals surface area contributed by atoms with Crippen LogP contribution in [0.3, 0.4) is 0 Å². The predicted octanol–water partition coefficient (Wildman–Crippen LogP) is 3.57. The van der Waals surface area contributed by atoms with Crippen molar-refractivity contribution >= 4 is 5.91 Å². The Bertz CT molecular complexity index is 776. The maximum absolute atomic E-state index is 12.9. The zero-order valence-electron chi connectivity index (χ0n) is 16.4. The summed E-state index contributed by atoms with van der Waals surface area (Å²) in [6.45, 7) is 4.50. The average molecular weight is 384 g/mol. The number of hydrogen-bond acceptors (Lipinski definition) is 5. The number of carbonyl (C=O) groups excluding carboxylic acids is 1. The standard InChI is InChI=1S/C22H28N2O4/c1-26-19-4-5-20(22(25)24-9-2-3-10-24)21(14-19)28-18-6-11-23(12-7-18)15-17-8-13-27-16-17/h4-5,8,13-14,16,18H,2-3,6-7,9-12,15H2,1H3. The average Bonchev–Trinajstić information content (AvgIpc) is 3.43. The molecule has 1 aromatic heterocycles. The molecule has 2 aliphatic heterocycles. The van der Waals surface area contributed by atoms with E-state index in [0.29, 0.717) is 17.1 Å². The van der Waals surface area contributed by atoms with Gasteiger partial charge in [0.15, 0.2) is 0 Å². The molecule has 0 N–H and O–H groups in total. The summed E-state index contributed by atoms with van der Waals surface area (Å²) in [5.74, 6) is 1.42. The molecule has 0 radical (unpaired) electrons. The van der Waals surface area contributed by atoms with Crippen LogP contribution in [-0.2, 0) is 6.54 Å². The molecule has 0 spiro atoms. The smallest absolute Gasteiger partial charge is 0.257 e. The lowest BCUT2D eigenvalue weighted by atomic mass is 10.1. The van der Waals surface area contributed by atoms with Crippen molar-refractivity contribution < 1.29 is 18.7 Å². The number of carbonyl (C=O) groups is 1. The quantitative estimate of drug-likeness (QED) is 0.762. The second-order valence-corrected chi connectivity index (χ2v) is 7.59. The molecule has 0 bridgehead atoms. The first kappa shape index (κ1) is 18.9. The van der Waals surface area contributed by atoms with Gasteiger partial charge in [-0.15, -0.1) is 0 Å². The summed E-state index contributed by atoms with van der Waals surface area (Å²) in [6.07, 6.45) is 7.65. The van der Waals surface area contributed by atoms with Crippen molar-refractivity contribution in [3.05, 3.63) is 47.9 Å². The third-order valence-electron chi connectivity index (χ3n) is 5.63. The van der Waals surface area contributed by atoms with E-state index < -0.39 is 0 Å². The van der Waals surface area contributed by atoms with Crippen LogP contribution in [0.1, 0.15) is 41.6 Å². The molecule has 150 valence electrons. The lowest BCUT2D eigenvalue weighted by Gasteiger charge is -2.32. The molecular formula is C22H28N2O4. The molecule has 3 heterocycles. The van der Waals surface area contributed by atoms with Crippen LogP contribution in [0, 0.1) is 0 Å². The molecule has 28 heavy (non-hydrogen) atoms. The van der Waals surface area contributed by atoms with Crippen molar-refractivity contribution in [1.29, 1.82) is 0 Å². The maximum atomic E-state index is 12.9. The Morgan fingerprint density at radius 1 is 1.14 bits per heavy atom. The van der Waals surface area contributed by atoms with Crippen LogP contribution in [0.4, 0.5) is 0 Å². The van der Waals surface area contributed by atoms with E-state index in [1.165, 1.54) is 5.56 Å². The fourth-order valence-electron chi connectivity index (χ4n) is 4.00. The highest BCUT2D eigenvalue weighted by atomic mass is 16.5. The van der Waals surface area contributed by atoms with Gasteiger partial charge < -0.3 is 18.8 Å². The minimum atomic E-state index is 0.0625. The highest BCUT2D eigenvalue weighted by molar-refractivity contribution is 5.97. The van der Waals surface area contributed by atoms with Gasteiger partial charge in [-0.3, -0.25) is 9.69 Å². The van der Waals surface area contributed by atoms with Crippen LogP contribution >= 0.6 is 0 Å². The van der Waals surface area contributed by atoms with Gasteiger partial charge in [-0.25, -0.2) is 0 Å². The normalized spacial score (nSPS) is 18.4. The highest BCUT2D eigenvalue weighted by Crippen LogP contribution is 2.30. The van der Waals surface area contributed by atoms with Crippen LogP contribution in [0.15, 0.2) is 41.2 Å². The first-order valence-electron chi connectivity index (χ1n) is 10.1. The van der Waals surface area contributed by atoms with Crippen molar-refractivity contribution in [2.45, 2.75) is 38.3 Å². The summed E-state index contributed by atoms with van der Waals surface area (Å²) in [5.41, 5.74) is 1.84. The van der Waals surface area contributed by atoms with Gasteiger partial charge in [-0.1, -0.05) is 0 Å². The molecule has 6 heteroatoms. The highest BCUT2D eigenvalue weighted by Gasteiger charge is 2.26. The molecule has 2 saturated heterocycles. The summed E-state index contributed by atoms with van der Waals surface area (Å²) in [5, 5.41) is 0. The monoisotopic (exact) mass is 384 g/mol. The largest absolute Gasteiger partial charge is 0.497 e. The number of amides is 1. The van der Waals surface area contributed by atoms with Crippen LogP contribution in [0.5, 0.6) is 11.5 Å². The number of piperidine rings is 1. The number of rotatable bonds is 6. The van der Waals surface area contributed by atoms with Gasteiger partial charge in [-0.2, -0.15) is 0 Å². The molecule has 1 amide bonds. The second kappa shape index (κ2) is 8.69. The van der Waals surface area contributed by atoms with E-state index in [1.54, 1.807) is 19.6 Å². The molecule has 0 atom stereocenters. The zero-order valence-corrected chi connectivity index (χ0v) is 16.4. The van der Waals surface area contributed by atoms with E-state index in [9.17, 15) is 4.79 Å². The number of nitrogens with zero attached hydrogens (tertiary/aromatic N) is 2. The van der Waals surface area contributed by atoms with Gasteiger partial charge in [0.1, 0.15) is 17.6 Å². The Labute approximate surface area is 166 Å². The maximum Gasteiger partial charge on any atom is 0.257 e. The molecule has 4 rings (SSSR count). The molecular weight excluding hydrogens is 356 g/mol. The third-order valence-corrected chi connectivity index (χ3v) is 5.63. The number of benzene rings is 1. The molecule has 0 saturated carbocycles. The van der Waals surface area contributed by atoms with E-state index in [1.807, 2.05) is 29.2 Å². The van der Waals surface area contributed by atoms with Crippen LogP contribution < -0.4 is 9.47 Å². The van der Waals surface area contributed by atoms with Crippen molar-refractivity contribution in [1.82, 2.24) is 9.80 Å². The Hall–Kier alpha value is -2.47. The van der Waals surface area contributed by atoms with Gasteiger partial charge in [0.25, 0.3) is 5.91 Å². The van der Waals surface area contributed by atoms with Gasteiger partial charge in [-0.05, 0) is 43.9 Å². The van der Waals surface area contributed by atoms with Crippen LogP contribution in [0.25, 0.3) is 0 Å². The number of furan rings is 1. The Kier molecular flexibility index (Phi) is 5.86. The molecule has 2 aromatic rings. The van der Waals surface area contributed by atoms with Crippen molar-refractivity contribution in [3.8, 4) is 11.5 Å². The van der Waals surface area contributed by atoms with E-state index in [-0.39, 0.29) is 12.0 Å². The topological polar surface area (TPSA) is 55.1 Å². The second-order valence-electron chi connectivity index (χ2n) is 7.59. The van der Waals surface area contributed by atoms with Crippen molar-refractivity contribution in [2.75, 3.05) is 33.3 Å². The number of likely N-dealkylation sites (tertiary alicyclic amines) is 2. The summed E-state index contributed by atoms with van der Waals surface area (Å²) >= 11 is 0. The van der Waals surface area contributed by atoms with E-state index >= 15 is 0 Å². The van der Waals surface area contributed by atoms with Gasteiger partial charge in [0.2, 0.25) is 0 Å². The third kappa shape index (κ3) is 4.33. The summed E-state index contributed by atoms with van der Waals surface area (Å²) in [7, 11) is 1.63. The number of hydrogen-bond donors (Lipinski definition) is 0. The summed E-state index contributed by atoms with van der Waals surface area (Å²) in [6, 6.07) is 7.53. The fourth-order valence-corrected chi connectivity index (χ4v) is 4.00. The Morgan fingerprint density at radius 2 is 1.93 bits per heavy atom. The minimum Gasteiger partial charge on any atom is -0.497 e. The SMILES string of the molecule is COc1ccc(C(=O)N2CCCC2)c(OC2CCN(Cc3ccoc3)CC2)c1. The molecule has 1 aromatic carbocycles.